The van der Waals surface area contributed by atoms with E-state index in [1.165, 1.54) is 18.2 Å². The highest BCUT2D eigenvalue weighted by Gasteiger charge is 2.25. The average molecular weight is 356 g/mol. The van der Waals surface area contributed by atoms with Crippen molar-refractivity contribution in [1.29, 1.82) is 0 Å². The van der Waals surface area contributed by atoms with Gasteiger partial charge in [0.05, 0.1) is 11.3 Å². The van der Waals surface area contributed by atoms with Crippen LogP contribution in [0.15, 0.2) is 36.4 Å². The molecule has 1 aliphatic rings. The molecule has 1 aromatic carbocycles. The van der Waals surface area contributed by atoms with Crippen LogP contribution in [-0.4, -0.2) is 40.0 Å². The first-order valence-corrected chi connectivity index (χ1v) is 8.69. The predicted octanol–water partition coefficient (Wildman–Crippen LogP) is 3.32. The monoisotopic (exact) mass is 356 g/mol. The van der Waals surface area contributed by atoms with Crippen molar-refractivity contribution in [2.45, 2.75) is 26.2 Å². The van der Waals surface area contributed by atoms with Gasteiger partial charge < -0.3 is 10.0 Å². The number of amides is 1. The van der Waals surface area contributed by atoms with Crippen molar-refractivity contribution < 1.29 is 19.1 Å². The Balaban J connectivity index is 1.61. The molecule has 5 nitrogen and oxygen atoms in total. The number of hydrogen-bond donors (Lipinski definition) is 1. The maximum atomic E-state index is 13.8. The Morgan fingerprint density at radius 1 is 1.19 bits per heavy atom. The van der Waals surface area contributed by atoms with Crippen molar-refractivity contribution in [1.82, 2.24) is 9.88 Å². The Labute approximate surface area is 151 Å². The standard InChI is InChI=1S/C20H21FN2O3/c1-13-16(20(25)26)6-7-18(22-13)19(24)23-10-8-14(9-11-23)12-15-4-2-3-5-17(15)21/h2-7,14H,8-12H2,1H3,(H,25,26). The van der Waals surface area contributed by atoms with E-state index in [0.717, 1.165) is 18.4 Å². The number of benzene rings is 1. The second-order valence-electron chi connectivity index (χ2n) is 6.67. The summed E-state index contributed by atoms with van der Waals surface area (Å²) in [4.78, 5) is 29.5. The lowest BCUT2D eigenvalue weighted by Crippen LogP contribution is -2.39. The van der Waals surface area contributed by atoms with Gasteiger partial charge in [-0.15, -0.1) is 0 Å². The number of carbonyl (C=O) groups excluding carboxylic acids is 1. The SMILES string of the molecule is Cc1nc(C(=O)N2CCC(Cc3ccccc3F)CC2)ccc1C(=O)O. The van der Waals surface area contributed by atoms with Crippen LogP contribution in [0.4, 0.5) is 4.39 Å². The van der Waals surface area contributed by atoms with Gasteiger partial charge in [-0.25, -0.2) is 14.2 Å². The maximum Gasteiger partial charge on any atom is 0.337 e. The average Bonchev–Trinajstić information content (AvgIpc) is 2.63. The first-order chi connectivity index (χ1) is 12.5. The first kappa shape index (κ1) is 18.0. The lowest BCUT2D eigenvalue weighted by molar-refractivity contribution is 0.0673. The van der Waals surface area contributed by atoms with Crippen molar-refractivity contribution in [3.05, 3.63) is 64.7 Å². The van der Waals surface area contributed by atoms with Crippen molar-refractivity contribution in [2.24, 2.45) is 5.92 Å². The van der Waals surface area contributed by atoms with E-state index in [1.54, 1.807) is 17.9 Å². The summed E-state index contributed by atoms with van der Waals surface area (Å²) in [6.07, 6.45) is 2.30. The molecular weight excluding hydrogens is 335 g/mol. The highest BCUT2D eigenvalue weighted by atomic mass is 19.1. The minimum Gasteiger partial charge on any atom is -0.478 e. The zero-order chi connectivity index (χ0) is 18.7. The number of aryl methyl sites for hydroxylation is 1. The number of carboxylic acids is 1. The van der Waals surface area contributed by atoms with Gasteiger partial charge >= 0.3 is 5.97 Å². The molecule has 0 bridgehead atoms. The number of hydrogen-bond acceptors (Lipinski definition) is 3. The Kier molecular flexibility index (Phi) is 5.30. The third-order valence-corrected chi connectivity index (χ3v) is 4.90. The lowest BCUT2D eigenvalue weighted by Gasteiger charge is -2.32. The minimum atomic E-state index is -1.05. The van der Waals surface area contributed by atoms with Crippen molar-refractivity contribution in [3.8, 4) is 0 Å². The van der Waals surface area contributed by atoms with Crippen LogP contribution in [-0.2, 0) is 6.42 Å². The van der Waals surface area contributed by atoms with Crippen molar-refractivity contribution in [3.63, 3.8) is 0 Å². The molecule has 2 aromatic rings. The summed E-state index contributed by atoms with van der Waals surface area (Å²) in [6, 6.07) is 9.69. The van der Waals surface area contributed by atoms with Gasteiger partial charge in [0, 0.05) is 13.1 Å². The van der Waals surface area contributed by atoms with Crippen molar-refractivity contribution >= 4 is 11.9 Å². The van der Waals surface area contributed by atoms with Gasteiger partial charge in [-0.05, 0) is 55.9 Å². The third kappa shape index (κ3) is 3.90. The Hall–Kier alpha value is -2.76. The highest BCUT2D eigenvalue weighted by molar-refractivity contribution is 5.94. The number of nitrogens with zero attached hydrogens (tertiary/aromatic N) is 2. The van der Waals surface area contributed by atoms with E-state index < -0.39 is 5.97 Å². The molecule has 1 aromatic heterocycles. The normalized spacial score (nSPS) is 15.1. The second-order valence-corrected chi connectivity index (χ2v) is 6.67. The second kappa shape index (κ2) is 7.64. The molecule has 136 valence electrons. The van der Waals surface area contributed by atoms with Gasteiger partial charge in [-0.2, -0.15) is 0 Å². The number of carbonyl (C=O) groups is 2. The van der Waals surface area contributed by atoms with Gasteiger partial charge in [0.25, 0.3) is 5.91 Å². The Bertz CT molecular complexity index is 830. The molecule has 1 N–H and O–H groups in total. The maximum absolute atomic E-state index is 13.8. The number of halogens is 1. The van der Waals surface area contributed by atoms with Crippen LogP contribution < -0.4 is 0 Å². The summed E-state index contributed by atoms with van der Waals surface area (Å²) in [6.45, 7) is 2.78. The van der Waals surface area contributed by atoms with E-state index in [0.29, 0.717) is 31.1 Å². The van der Waals surface area contributed by atoms with Gasteiger partial charge in [-0.3, -0.25) is 4.79 Å². The fraction of sp³-hybridized carbons (Fsp3) is 0.350. The van der Waals surface area contributed by atoms with Crippen LogP contribution in [0, 0.1) is 18.7 Å². The molecule has 1 aliphatic heterocycles. The number of carboxylic acid groups (broad SMARTS) is 1. The van der Waals surface area contributed by atoms with Gasteiger partial charge in [0.1, 0.15) is 11.5 Å². The Morgan fingerprint density at radius 2 is 1.88 bits per heavy atom. The topological polar surface area (TPSA) is 70.5 Å². The molecule has 0 unspecified atom stereocenters. The molecular formula is C20H21FN2O3. The van der Waals surface area contributed by atoms with E-state index in [2.05, 4.69) is 4.98 Å². The van der Waals surface area contributed by atoms with E-state index >= 15 is 0 Å². The largest absolute Gasteiger partial charge is 0.478 e. The molecule has 2 heterocycles. The number of likely N-dealkylation sites (tertiary alicyclic amines) is 1. The molecule has 0 saturated carbocycles. The van der Waals surface area contributed by atoms with Crippen LogP contribution in [0.25, 0.3) is 0 Å². The van der Waals surface area contributed by atoms with Crippen LogP contribution in [0.2, 0.25) is 0 Å². The van der Waals surface area contributed by atoms with Gasteiger partial charge in [0.15, 0.2) is 0 Å². The first-order valence-electron chi connectivity index (χ1n) is 8.69. The van der Waals surface area contributed by atoms with E-state index in [1.807, 2.05) is 12.1 Å². The summed E-state index contributed by atoms with van der Waals surface area (Å²) in [5, 5.41) is 9.05. The zero-order valence-electron chi connectivity index (χ0n) is 14.6. The zero-order valence-corrected chi connectivity index (χ0v) is 14.6. The quantitative estimate of drug-likeness (QED) is 0.912. The number of aromatic carboxylic acids is 1. The molecule has 3 rings (SSSR count). The van der Waals surface area contributed by atoms with Crippen LogP contribution in [0.3, 0.4) is 0 Å². The summed E-state index contributed by atoms with van der Waals surface area (Å²) in [5.41, 5.74) is 1.42. The van der Waals surface area contributed by atoms with E-state index in [9.17, 15) is 14.0 Å². The fourth-order valence-corrected chi connectivity index (χ4v) is 3.38. The van der Waals surface area contributed by atoms with Gasteiger partial charge in [0.2, 0.25) is 0 Å². The lowest BCUT2D eigenvalue weighted by atomic mass is 9.90. The van der Waals surface area contributed by atoms with Crippen molar-refractivity contribution in [2.75, 3.05) is 13.1 Å². The molecule has 1 fully saturated rings. The highest BCUT2D eigenvalue weighted by Crippen LogP contribution is 2.24. The molecule has 1 amide bonds. The molecule has 0 spiro atoms. The summed E-state index contributed by atoms with van der Waals surface area (Å²) < 4.78 is 13.8. The van der Waals surface area contributed by atoms with Crippen LogP contribution in [0.5, 0.6) is 0 Å². The smallest absolute Gasteiger partial charge is 0.337 e. The van der Waals surface area contributed by atoms with Crippen LogP contribution >= 0.6 is 0 Å². The predicted molar refractivity (Wildman–Crippen MR) is 94.7 cm³/mol. The van der Waals surface area contributed by atoms with E-state index in [-0.39, 0.29) is 23.0 Å². The molecule has 26 heavy (non-hydrogen) atoms. The number of piperidine rings is 1. The molecule has 0 aliphatic carbocycles. The molecule has 0 atom stereocenters. The molecule has 6 heteroatoms. The number of rotatable bonds is 4. The fourth-order valence-electron chi connectivity index (χ4n) is 3.38. The third-order valence-electron chi connectivity index (χ3n) is 4.90. The molecule has 1 saturated heterocycles. The van der Waals surface area contributed by atoms with Crippen LogP contribution in [0.1, 0.15) is 44.9 Å². The number of aromatic nitrogens is 1. The van der Waals surface area contributed by atoms with E-state index in [4.69, 9.17) is 5.11 Å². The summed E-state index contributed by atoms with van der Waals surface area (Å²) in [5.74, 6) is -1.07. The molecule has 0 radical (unpaired) electrons. The summed E-state index contributed by atoms with van der Waals surface area (Å²) >= 11 is 0. The van der Waals surface area contributed by atoms with Gasteiger partial charge in [-0.1, -0.05) is 18.2 Å². The summed E-state index contributed by atoms with van der Waals surface area (Å²) in [7, 11) is 0. The minimum absolute atomic E-state index is 0.102. The Morgan fingerprint density at radius 3 is 2.50 bits per heavy atom. The number of pyridine rings is 1.